The molecule has 0 fully saturated rings. The third kappa shape index (κ3) is 4.01. The van der Waals surface area contributed by atoms with Gasteiger partial charge >= 0.3 is 0 Å². The first-order valence-corrected chi connectivity index (χ1v) is 12.3. The monoisotopic (exact) mass is 444 g/mol. The SMILES string of the molecule is Cc1nc(Cc2nnc(SCc3nc(N)c4c5c(sc4n3)CCCCC5)o2)cs1. The molecule has 0 amide bonds. The summed E-state index contributed by atoms with van der Waals surface area (Å²) in [6, 6.07) is 0. The molecule has 0 saturated carbocycles. The number of aromatic nitrogens is 5. The molecule has 0 spiro atoms. The summed E-state index contributed by atoms with van der Waals surface area (Å²) in [6.07, 6.45) is 6.51. The summed E-state index contributed by atoms with van der Waals surface area (Å²) in [5.74, 6) is 2.40. The Morgan fingerprint density at radius 3 is 2.90 bits per heavy atom. The molecule has 0 saturated heterocycles. The quantitative estimate of drug-likeness (QED) is 0.352. The number of thiophene rings is 1. The molecule has 0 atom stereocenters. The van der Waals surface area contributed by atoms with Crippen molar-refractivity contribution in [2.24, 2.45) is 0 Å². The molecular weight excluding hydrogens is 424 g/mol. The summed E-state index contributed by atoms with van der Waals surface area (Å²) in [5, 5.41) is 12.9. The molecule has 1 aliphatic carbocycles. The molecule has 2 N–H and O–H groups in total. The van der Waals surface area contributed by atoms with Crippen LogP contribution in [-0.2, 0) is 25.0 Å². The summed E-state index contributed by atoms with van der Waals surface area (Å²) in [6.45, 7) is 1.98. The largest absolute Gasteiger partial charge is 0.416 e. The molecule has 0 bridgehead atoms. The summed E-state index contributed by atoms with van der Waals surface area (Å²) >= 11 is 4.82. The van der Waals surface area contributed by atoms with Crippen molar-refractivity contribution in [3.8, 4) is 0 Å². The molecule has 150 valence electrons. The highest BCUT2D eigenvalue weighted by Crippen LogP contribution is 2.37. The predicted molar refractivity (Wildman–Crippen MR) is 117 cm³/mol. The van der Waals surface area contributed by atoms with E-state index in [1.807, 2.05) is 12.3 Å². The maximum absolute atomic E-state index is 6.33. The van der Waals surface area contributed by atoms with Gasteiger partial charge in [0.15, 0.2) is 0 Å². The van der Waals surface area contributed by atoms with Crippen LogP contribution in [0.25, 0.3) is 10.2 Å². The average Bonchev–Trinajstić information content (AvgIpc) is 3.36. The van der Waals surface area contributed by atoms with Crippen LogP contribution in [0.3, 0.4) is 0 Å². The summed E-state index contributed by atoms with van der Waals surface area (Å²) in [5.41, 5.74) is 8.65. The minimum Gasteiger partial charge on any atom is -0.416 e. The lowest BCUT2D eigenvalue weighted by Crippen LogP contribution is -2.00. The number of anilines is 1. The number of nitrogens with zero attached hydrogens (tertiary/aromatic N) is 5. The number of thiazole rings is 1. The lowest BCUT2D eigenvalue weighted by Gasteiger charge is -2.03. The molecule has 1 aliphatic rings. The van der Waals surface area contributed by atoms with Gasteiger partial charge in [-0.25, -0.2) is 15.0 Å². The van der Waals surface area contributed by atoms with Gasteiger partial charge in [-0.15, -0.1) is 32.9 Å². The fourth-order valence-electron chi connectivity index (χ4n) is 3.61. The van der Waals surface area contributed by atoms with Crippen LogP contribution in [0.15, 0.2) is 15.0 Å². The van der Waals surface area contributed by atoms with E-state index in [4.69, 9.17) is 15.1 Å². The van der Waals surface area contributed by atoms with Crippen LogP contribution in [0.4, 0.5) is 5.82 Å². The normalized spacial score (nSPS) is 14.2. The van der Waals surface area contributed by atoms with Crippen LogP contribution in [-0.4, -0.2) is 25.1 Å². The number of aryl methyl sites for hydroxylation is 3. The van der Waals surface area contributed by atoms with Gasteiger partial charge < -0.3 is 10.2 Å². The van der Waals surface area contributed by atoms with E-state index in [1.165, 1.54) is 41.5 Å². The zero-order valence-electron chi connectivity index (χ0n) is 16.0. The molecular formula is C19H20N6OS3. The number of fused-ring (bicyclic) bond motifs is 3. The van der Waals surface area contributed by atoms with E-state index in [0.29, 0.717) is 34.9 Å². The lowest BCUT2D eigenvalue weighted by atomic mass is 10.1. The van der Waals surface area contributed by atoms with Crippen LogP contribution in [0.5, 0.6) is 0 Å². The van der Waals surface area contributed by atoms with Gasteiger partial charge in [-0.3, -0.25) is 0 Å². The van der Waals surface area contributed by atoms with Crippen molar-refractivity contribution in [1.82, 2.24) is 25.1 Å². The molecule has 10 heteroatoms. The first-order chi connectivity index (χ1) is 14.2. The van der Waals surface area contributed by atoms with Crippen LogP contribution in [0.1, 0.15) is 52.1 Å². The molecule has 4 aromatic heterocycles. The number of nitrogen functional groups attached to an aromatic ring is 1. The fraction of sp³-hybridized carbons (Fsp3) is 0.421. The highest BCUT2D eigenvalue weighted by atomic mass is 32.2. The zero-order chi connectivity index (χ0) is 19.8. The third-order valence-electron chi connectivity index (χ3n) is 4.91. The average molecular weight is 445 g/mol. The Kier molecular flexibility index (Phi) is 5.23. The van der Waals surface area contributed by atoms with Gasteiger partial charge in [-0.05, 0) is 38.2 Å². The Balaban J connectivity index is 1.31. The highest BCUT2D eigenvalue weighted by molar-refractivity contribution is 7.98. The first-order valence-electron chi connectivity index (χ1n) is 9.58. The van der Waals surface area contributed by atoms with E-state index in [1.54, 1.807) is 22.7 Å². The molecule has 0 unspecified atom stereocenters. The molecule has 4 heterocycles. The lowest BCUT2D eigenvalue weighted by molar-refractivity contribution is 0.419. The number of rotatable bonds is 5. The number of hydrogen-bond donors (Lipinski definition) is 1. The van der Waals surface area contributed by atoms with Crippen molar-refractivity contribution in [2.75, 3.05) is 5.73 Å². The predicted octanol–water partition coefficient (Wildman–Crippen LogP) is 4.57. The molecule has 5 rings (SSSR count). The maximum atomic E-state index is 6.33. The van der Waals surface area contributed by atoms with Gasteiger partial charge in [0.1, 0.15) is 16.5 Å². The molecule has 7 nitrogen and oxygen atoms in total. The summed E-state index contributed by atoms with van der Waals surface area (Å²) < 4.78 is 5.74. The van der Waals surface area contributed by atoms with Crippen LogP contribution in [0, 0.1) is 6.92 Å². The molecule has 29 heavy (non-hydrogen) atoms. The van der Waals surface area contributed by atoms with Crippen molar-refractivity contribution >= 4 is 50.5 Å². The Bertz CT molecular complexity index is 1160. The van der Waals surface area contributed by atoms with Gasteiger partial charge in [0.05, 0.1) is 28.3 Å². The second kappa shape index (κ2) is 8.00. The number of thioether (sulfide) groups is 1. The molecule has 4 aromatic rings. The van der Waals surface area contributed by atoms with Gasteiger partial charge in [-0.2, -0.15) is 0 Å². The second-order valence-electron chi connectivity index (χ2n) is 7.05. The number of nitrogens with two attached hydrogens (primary N) is 1. The highest BCUT2D eigenvalue weighted by Gasteiger charge is 2.19. The topological polar surface area (TPSA) is 104 Å². The Morgan fingerprint density at radius 1 is 1.14 bits per heavy atom. The van der Waals surface area contributed by atoms with E-state index in [-0.39, 0.29) is 0 Å². The van der Waals surface area contributed by atoms with E-state index in [9.17, 15) is 0 Å². The van der Waals surface area contributed by atoms with E-state index < -0.39 is 0 Å². The van der Waals surface area contributed by atoms with Crippen molar-refractivity contribution in [3.05, 3.63) is 38.2 Å². The molecule has 0 aliphatic heterocycles. The van der Waals surface area contributed by atoms with Crippen molar-refractivity contribution in [1.29, 1.82) is 0 Å². The van der Waals surface area contributed by atoms with Crippen LogP contribution >= 0.6 is 34.4 Å². The van der Waals surface area contributed by atoms with E-state index >= 15 is 0 Å². The fourth-order valence-corrected chi connectivity index (χ4v) is 6.15. The minimum absolute atomic E-state index is 0.510. The Hall–Kier alpha value is -2.04. The third-order valence-corrected chi connectivity index (χ3v) is 7.73. The van der Waals surface area contributed by atoms with Crippen molar-refractivity contribution in [2.45, 2.75) is 56.4 Å². The first kappa shape index (κ1) is 19.0. The van der Waals surface area contributed by atoms with Gasteiger partial charge in [0.25, 0.3) is 5.22 Å². The standard InChI is InChI=1S/C19H20N6OS3/c1-10-21-11(8-27-10)7-15-24-25-19(26-15)28-9-14-22-17(20)16-12-5-3-2-4-6-13(12)29-18(16)23-14/h8H,2-7,9H2,1H3,(H2,20,22,23). The van der Waals surface area contributed by atoms with Gasteiger partial charge in [-0.1, -0.05) is 18.2 Å². The number of hydrogen-bond acceptors (Lipinski definition) is 10. The summed E-state index contributed by atoms with van der Waals surface area (Å²) in [7, 11) is 0. The van der Waals surface area contributed by atoms with Gasteiger partial charge in [0.2, 0.25) is 5.89 Å². The Morgan fingerprint density at radius 2 is 2.03 bits per heavy atom. The van der Waals surface area contributed by atoms with E-state index in [2.05, 4.69) is 20.2 Å². The Labute approximate surface area is 180 Å². The van der Waals surface area contributed by atoms with Crippen LogP contribution in [0.2, 0.25) is 0 Å². The van der Waals surface area contributed by atoms with E-state index in [0.717, 1.165) is 33.8 Å². The van der Waals surface area contributed by atoms with Gasteiger partial charge in [0, 0.05) is 10.3 Å². The van der Waals surface area contributed by atoms with Crippen molar-refractivity contribution in [3.63, 3.8) is 0 Å². The molecule has 0 aromatic carbocycles. The minimum atomic E-state index is 0.510. The maximum Gasteiger partial charge on any atom is 0.277 e. The van der Waals surface area contributed by atoms with Crippen molar-refractivity contribution < 1.29 is 4.42 Å². The van der Waals surface area contributed by atoms with Crippen LogP contribution < -0.4 is 5.73 Å². The smallest absolute Gasteiger partial charge is 0.277 e. The summed E-state index contributed by atoms with van der Waals surface area (Å²) in [4.78, 5) is 16.2. The molecule has 0 radical (unpaired) electrons. The second-order valence-corrected chi connectivity index (χ2v) is 10.1. The zero-order valence-corrected chi connectivity index (χ0v) is 18.4.